The molecule has 5 aromatic heterocycles. The predicted octanol–water partition coefficient (Wildman–Crippen LogP) is 19.3. The molecule has 6 heterocycles. The quantitative estimate of drug-likeness (QED) is 0.0279. The van der Waals surface area contributed by atoms with Gasteiger partial charge in [-0.2, -0.15) is 0 Å². The molecule has 0 saturated heterocycles. The Kier molecular flexibility index (Phi) is 18.0. The molecular formula is C60H73N3O2S4Se. The van der Waals surface area contributed by atoms with Crippen LogP contribution in [0.25, 0.3) is 72.6 Å². The molecule has 0 fully saturated rings. The van der Waals surface area contributed by atoms with Crippen LogP contribution in [0.3, 0.4) is 0 Å². The van der Waals surface area contributed by atoms with E-state index < -0.39 is 0 Å². The molecule has 0 unspecified atom stereocenters. The van der Waals surface area contributed by atoms with Crippen molar-refractivity contribution in [1.82, 2.24) is 12.9 Å². The van der Waals surface area contributed by atoms with Crippen molar-refractivity contribution in [3.63, 3.8) is 0 Å². The Balaban J connectivity index is 1.09. The maximum absolute atomic E-state index is 14.8. The minimum atomic E-state index is -0.352. The number of nitrogens with zero attached hydrogens (tertiary/aromatic N) is 3. The molecular weight excluding hydrogens is 1000 g/mol. The minimum Gasteiger partial charge on any atom is -0.140 e. The standard InChI is InChI=1S/C60H73N3O2S4Se/c1-6-9-12-15-18-20-22-25-28-41-36-46-45(57-43(41)35-40(5)67-57)37-42(29-26-23-21-19-16-13-10-7-2)44-38-50(69-58(44)46)47-32-33-49(68-47)52-54-53(59(64)63(60(54)65)34-27-24-17-14-11-8-3)51(48-31-30-39(4)66-48)55-56(52)62-70-61-55/h30-33,35-38H,6-29,34H2,1-5H3. The first kappa shape index (κ1) is 51.4. The van der Waals surface area contributed by atoms with Crippen molar-refractivity contribution in [2.45, 2.75) is 189 Å². The zero-order valence-corrected chi connectivity index (χ0v) is 47.5. The van der Waals surface area contributed by atoms with Crippen molar-refractivity contribution in [1.29, 1.82) is 0 Å². The normalized spacial score (nSPS) is 13.0. The molecule has 2 amide bonds. The van der Waals surface area contributed by atoms with Gasteiger partial charge in [0, 0.05) is 4.88 Å². The fourth-order valence-corrected chi connectivity index (χ4v) is 16.5. The first-order valence-corrected chi connectivity index (χ1v) is 31.9. The summed E-state index contributed by atoms with van der Waals surface area (Å²) in [4.78, 5) is 38.0. The number of carbonyl (C=O) groups excluding carboxylic acids is 2. The van der Waals surface area contributed by atoms with Gasteiger partial charge in [-0.1, -0.05) is 117 Å². The fourth-order valence-electron chi connectivity index (χ4n) is 11.0. The Labute approximate surface area is 439 Å². The number of hydrogen-bond donors (Lipinski definition) is 0. The molecule has 70 heavy (non-hydrogen) atoms. The van der Waals surface area contributed by atoms with Crippen LogP contribution in [0.1, 0.15) is 204 Å². The molecule has 0 aliphatic carbocycles. The summed E-state index contributed by atoms with van der Waals surface area (Å²) in [5, 5.41) is 5.69. The summed E-state index contributed by atoms with van der Waals surface area (Å²) < 4.78 is 13.0. The van der Waals surface area contributed by atoms with E-state index in [1.807, 2.05) is 22.7 Å². The van der Waals surface area contributed by atoms with Gasteiger partial charge < -0.3 is 0 Å². The van der Waals surface area contributed by atoms with Gasteiger partial charge >= 0.3 is 278 Å². The van der Waals surface area contributed by atoms with Crippen LogP contribution < -0.4 is 0 Å². The van der Waals surface area contributed by atoms with Gasteiger partial charge in [-0.05, 0) is 31.2 Å². The van der Waals surface area contributed by atoms with E-state index in [-0.39, 0.29) is 26.8 Å². The van der Waals surface area contributed by atoms with Crippen molar-refractivity contribution < 1.29 is 9.59 Å². The number of aromatic nitrogens is 2. The van der Waals surface area contributed by atoms with Crippen LogP contribution in [0.15, 0.2) is 48.5 Å². The molecule has 0 spiro atoms. The molecule has 0 saturated carbocycles. The molecule has 3 aromatic carbocycles. The summed E-state index contributed by atoms with van der Waals surface area (Å²) in [6, 6.07) is 18.7. The fraction of sp³-hybridized carbons (Fsp3) is 0.500. The second kappa shape index (κ2) is 24.5. The smallest absolute Gasteiger partial charge is 0.140 e. The van der Waals surface area contributed by atoms with Gasteiger partial charge in [0.2, 0.25) is 0 Å². The van der Waals surface area contributed by atoms with Gasteiger partial charge in [0.25, 0.3) is 0 Å². The van der Waals surface area contributed by atoms with Gasteiger partial charge in [-0.25, -0.2) is 0 Å². The van der Waals surface area contributed by atoms with Gasteiger partial charge in [0.05, 0.1) is 0 Å². The van der Waals surface area contributed by atoms with E-state index in [4.69, 9.17) is 7.96 Å². The van der Waals surface area contributed by atoms with Crippen LogP contribution >= 0.6 is 45.3 Å². The van der Waals surface area contributed by atoms with Crippen molar-refractivity contribution >= 4 is 114 Å². The van der Waals surface area contributed by atoms with E-state index >= 15 is 0 Å². The molecule has 10 heteroatoms. The Morgan fingerprint density at radius 3 is 1.41 bits per heavy atom. The summed E-state index contributed by atoms with van der Waals surface area (Å²) in [7, 11) is 0. The molecule has 0 bridgehead atoms. The molecule has 0 N–H and O–H groups in total. The molecule has 5 nitrogen and oxygen atoms in total. The number of imide groups is 1. The summed E-state index contributed by atoms with van der Waals surface area (Å²) in [5.41, 5.74) is 7.19. The number of fused-ring (bicyclic) bond motifs is 7. The third-order valence-corrected chi connectivity index (χ3v) is 20.4. The molecule has 0 radical (unpaired) electrons. The Morgan fingerprint density at radius 2 is 0.886 bits per heavy atom. The topological polar surface area (TPSA) is 63.2 Å². The van der Waals surface area contributed by atoms with Gasteiger partial charge in [-0.15, -0.1) is 11.3 Å². The van der Waals surface area contributed by atoms with Gasteiger partial charge in [0.15, 0.2) is 0 Å². The molecule has 370 valence electrons. The number of amides is 2. The Morgan fingerprint density at radius 1 is 0.429 bits per heavy atom. The maximum atomic E-state index is 14.8. The molecule has 1 aliphatic heterocycles. The second-order valence-corrected chi connectivity index (χ2v) is 25.9. The van der Waals surface area contributed by atoms with Crippen LogP contribution in [0, 0.1) is 13.8 Å². The van der Waals surface area contributed by atoms with Gasteiger partial charge in [-0.3, -0.25) is 0 Å². The van der Waals surface area contributed by atoms with Crippen LogP contribution in [0.5, 0.6) is 0 Å². The third-order valence-electron chi connectivity index (χ3n) is 14.7. The average Bonchev–Trinajstić information content (AvgIpc) is 4.24. The SMILES string of the molecule is CCCCCCCCCCc1cc2c(cc(CCCCCCCCCC)c3cc(-c4ccc(-c5c6c(c(-c7ccc(C)s7)c7n[se]nc57)C(=O)N(CCCCCCCC)C6=O)s4)sc32)c2sc(C)cc12. The van der Waals surface area contributed by atoms with Crippen LogP contribution in [0.2, 0.25) is 0 Å². The summed E-state index contributed by atoms with van der Waals surface area (Å²) >= 11 is 6.97. The minimum absolute atomic E-state index is 0.178. The number of carbonyl (C=O) groups is 2. The second-order valence-electron chi connectivity index (χ2n) is 20.1. The number of rotatable bonds is 28. The average molecular weight is 1080 g/mol. The van der Waals surface area contributed by atoms with Gasteiger partial charge in [0.1, 0.15) is 0 Å². The van der Waals surface area contributed by atoms with E-state index in [0.29, 0.717) is 17.7 Å². The van der Waals surface area contributed by atoms with E-state index in [0.717, 1.165) is 68.9 Å². The van der Waals surface area contributed by atoms with Crippen molar-refractivity contribution in [3.8, 4) is 30.6 Å². The molecule has 0 atom stereocenters. The Hall–Kier alpha value is -3.50. The number of unbranched alkanes of at least 4 members (excludes halogenated alkanes) is 19. The monoisotopic (exact) mass is 1080 g/mol. The van der Waals surface area contributed by atoms with E-state index in [1.54, 1.807) is 22.7 Å². The van der Waals surface area contributed by atoms with Crippen LogP contribution in [-0.2, 0) is 12.8 Å². The number of hydrogen-bond acceptors (Lipinski definition) is 8. The first-order valence-electron chi connectivity index (χ1n) is 27.1. The zero-order valence-electron chi connectivity index (χ0n) is 42.5. The Bertz CT molecular complexity index is 3070. The summed E-state index contributed by atoms with van der Waals surface area (Å²) in [6.07, 6.45) is 29.9. The molecule has 8 aromatic rings. The molecule has 9 rings (SSSR count). The van der Waals surface area contributed by atoms with Crippen molar-refractivity contribution in [2.24, 2.45) is 0 Å². The molecule has 1 aliphatic rings. The van der Waals surface area contributed by atoms with Crippen LogP contribution in [-0.4, -0.2) is 46.2 Å². The number of thiophene rings is 4. The van der Waals surface area contributed by atoms with E-state index in [9.17, 15) is 9.59 Å². The number of benzene rings is 3. The number of aryl methyl sites for hydroxylation is 4. The summed E-state index contributed by atoms with van der Waals surface area (Å²) in [6.45, 7) is 11.6. The van der Waals surface area contributed by atoms with Crippen molar-refractivity contribution in [2.75, 3.05) is 6.54 Å². The van der Waals surface area contributed by atoms with E-state index in [2.05, 4.69) is 83.1 Å². The first-order chi connectivity index (χ1) is 34.3. The third kappa shape index (κ3) is 11.2. The van der Waals surface area contributed by atoms with E-state index in [1.165, 1.54) is 184 Å². The van der Waals surface area contributed by atoms with Crippen molar-refractivity contribution in [3.05, 3.63) is 80.5 Å². The summed E-state index contributed by atoms with van der Waals surface area (Å²) in [5.74, 6) is -0.357. The zero-order chi connectivity index (χ0) is 48.6. The van der Waals surface area contributed by atoms with Crippen LogP contribution in [0.4, 0.5) is 0 Å². The predicted molar refractivity (Wildman–Crippen MR) is 308 cm³/mol.